The van der Waals surface area contributed by atoms with Gasteiger partial charge in [-0.3, -0.25) is 4.79 Å². The predicted octanol–water partition coefficient (Wildman–Crippen LogP) is 3.47. The largest absolute Gasteiger partial charge is 0.380 e. The average Bonchev–Trinajstić information content (AvgIpc) is 3.05. The van der Waals surface area contributed by atoms with Gasteiger partial charge in [-0.2, -0.15) is 0 Å². The zero-order valence-corrected chi connectivity index (χ0v) is 13.6. The molecule has 2 aromatic carbocycles. The first kappa shape index (κ1) is 15.6. The van der Waals surface area contributed by atoms with E-state index in [0.717, 1.165) is 36.4 Å². The Labute approximate surface area is 137 Å². The maximum absolute atomic E-state index is 12.2. The van der Waals surface area contributed by atoms with Gasteiger partial charge in [0.2, 0.25) is 0 Å². The predicted molar refractivity (Wildman–Crippen MR) is 93.2 cm³/mol. The molecule has 1 amide bonds. The molecule has 0 saturated carbocycles. The highest BCUT2D eigenvalue weighted by molar-refractivity contribution is 6.04. The second-order valence-electron chi connectivity index (χ2n) is 5.96. The lowest BCUT2D eigenvalue weighted by atomic mass is 10.1. The van der Waals surface area contributed by atoms with E-state index in [1.54, 1.807) is 7.11 Å². The SMILES string of the molecule is COC1CCN(c2ccc(NC(=O)c3ccc(C)cc3)cc2)C1. The molecule has 0 spiro atoms. The summed E-state index contributed by atoms with van der Waals surface area (Å²) in [5.74, 6) is -0.0848. The van der Waals surface area contributed by atoms with Gasteiger partial charge < -0.3 is 15.0 Å². The fraction of sp³-hybridized carbons (Fsp3) is 0.316. The van der Waals surface area contributed by atoms with Gasteiger partial charge in [-0.25, -0.2) is 0 Å². The molecule has 1 unspecified atom stereocenters. The molecule has 2 aromatic rings. The number of nitrogens with one attached hydrogen (secondary N) is 1. The summed E-state index contributed by atoms with van der Waals surface area (Å²) in [7, 11) is 1.76. The number of anilines is 2. The van der Waals surface area contributed by atoms with E-state index < -0.39 is 0 Å². The van der Waals surface area contributed by atoms with Crippen LogP contribution in [0.5, 0.6) is 0 Å². The number of nitrogens with zero attached hydrogens (tertiary/aromatic N) is 1. The van der Waals surface area contributed by atoms with E-state index in [-0.39, 0.29) is 5.91 Å². The zero-order valence-electron chi connectivity index (χ0n) is 13.6. The molecule has 1 heterocycles. The molecule has 3 rings (SSSR count). The van der Waals surface area contributed by atoms with E-state index in [1.165, 1.54) is 0 Å². The van der Waals surface area contributed by atoms with Crippen LogP contribution in [0.25, 0.3) is 0 Å². The molecule has 0 aromatic heterocycles. The number of benzene rings is 2. The number of carbonyl (C=O) groups excluding carboxylic acids is 1. The number of methoxy groups -OCH3 is 1. The normalized spacial score (nSPS) is 17.3. The number of hydrogen-bond donors (Lipinski definition) is 1. The van der Waals surface area contributed by atoms with Gasteiger partial charge in [-0.1, -0.05) is 17.7 Å². The third kappa shape index (κ3) is 3.71. The van der Waals surface area contributed by atoms with Crippen LogP contribution in [-0.2, 0) is 4.74 Å². The van der Waals surface area contributed by atoms with E-state index in [1.807, 2.05) is 55.5 Å². The molecule has 0 bridgehead atoms. The van der Waals surface area contributed by atoms with Crippen molar-refractivity contribution in [3.8, 4) is 0 Å². The fourth-order valence-corrected chi connectivity index (χ4v) is 2.82. The van der Waals surface area contributed by atoms with E-state index in [0.29, 0.717) is 11.7 Å². The van der Waals surface area contributed by atoms with Crippen LogP contribution in [0.2, 0.25) is 0 Å². The van der Waals surface area contributed by atoms with Crippen LogP contribution in [0.3, 0.4) is 0 Å². The lowest BCUT2D eigenvalue weighted by Crippen LogP contribution is -2.22. The molecule has 4 nitrogen and oxygen atoms in total. The molecule has 1 fully saturated rings. The number of aryl methyl sites for hydroxylation is 1. The van der Waals surface area contributed by atoms with Crippen molar-refractivity contribution in [2.24, 2.45) is 0 Å². The van der Waals surface area contributed by atoms with Crippen molar-refractivity contribution >= 4 is 17.3 Å². The Morgan fingerprint density at radius 3 is 2.43 bits per heavy atom. The number of amides is 1. The van der Waals surface area contributed by atoms with E-state index >= 15 is 0 Å². The van der Waals surface area contributed by atoms with Crippen molar-refractivity contribution in [3.05, 3.63) is 59.7 Å². The first-order valence-electron chi connectivity index (χ1n) is 7.91. The van der Waals surface area contributed by atoms with E-state index in [4.69, 9.17) is 4.74 Å². The highest BCUT2D eigenvalue weighted by Crippen LogP contribution is 2.23. The van der Waals surface area contributed by atoms with Gasteiger partial charge >= 0.3 is 0 Å². The van der Waals surface area contributed by atoms with Crippen LogP contribution >= 0.6 is 0 Å². The molecular formula is C19H22N2O2. The van der Waals surface area contributed by atoms with Gasteiger partial charge in [0.25, 0.3) is 5.91 Å². The Bertz CT molecular complexity index is 665. The quantitative estimate of drug-likeness (QED) is 0.940. The summed E-state index contributed by atoms with van der Waals surface area (Å²) < 4.78 is 5.40. The topological polar surface area (TPSA) is 41.6 Å². The van der Waals surface area contributed by atoms with Crippen molar-refractivity contribution in [1.82, 2.24) is 0 Å². The van der Waals surface area contributed by atoms with Gasteiger partial charge in [-0.05, 0) is 49.7 Å². The minimum absolute atomic E-state index is 0.0848. The standard InChI is InChI=1S/C19H22N2O2/c1-14-3-5-15(6-4-14)19(22)20-16-7-9-17(10-8-16)21-12-11-18(13-21)23-2/h3-10,18H,11-13H2,1-2H3,(H,20,22). The Balaban J connectivity index is 1.63. The molecule has 23 heavy (non-hydrogen) atoms. The van der Waals surface area contributed by atoms with Crippen molar-refractivity contribution in [2.75, 3.05) is 30.4 Å². The third-order valence-electron chi connectivity index (χ3n) is 4.28. The Kier molecular flexibility index (Phi) is 4.63. The monoisotopic (exact) mass is 310 g/mol. The highest BCUT2D eigenvalue weighted by atomic mass is 16.5. The zero-order chi connectivity index (χ0) is 16.2. The van der Waals surface area contributed by atoms with Crippen LogP contribution in [0.15, 0.2) is 48.5 Å². The highest BCUT2D eigenvalue weighted by Gasteiger charge is 2.22. The van der Waals surface area contributed by atoms with E-state index in [2.05, 4.69) is 10.2 Å². The summed E-state index contributed by atoms with van der Waals surface area (Å²) in [5, 5.41) is 2.93. The van der Waals surface area contributed by atoms with E-state index in [9.17, 15) is 4.79 Å². The first-order valence-corrected chi connectivity index (χ1v) is 7.91. The first-order chi connectivity index (χ1) is 11.2. The second-order valence-corrected chi connectivity index (χ2v) is 5.96. The number of hydrogen-bond acceptors (Lipinski definition) is 3. The fourth-order valence-electron chi connectivity index (χ4n) is 2.82. The lowest BCUT2D eigenvalue weighted by molar-refractivity contribution is 0.102. The van der Waals surface area contributed by atoms with Crippen LogP contribution in [0.4, 0.5) is 11.4 Å². The van der Waals surface area contributed by atoms with Crippen molar-refractivity contribution in [2.45, 2.75) is 19.4 Å². The molecule has 1 N–H and O–H groups in total. The van der Waals surface area contributed by atoms with Gasteiger partial charge in [-0.15, -0.1) is 0 Å². The molecule has 1 aliphatic rings. The van der Waals surface area contributed by atoms with Crippen LogP contribution in [0, 0.1) is 6.92 Å². The second kappa shape index (κ2) is 6.84. The number of rotatable bonds is 4. The van der Waals surface area contributed by atoms with Crippen LogP contribution in [0.1, 0.15) is 22.3 Å². The molecule has 1 atom stereocenters. The summed E-state index contributed by atoms with van der Waals surface area (Å²) in [6.07, 6.45) is 1.37. The Hall–Kier alpha value is -2.33. The van der Waals surface area contributed by atoms with Crippen LogP contribution in [-0.4, -0.2) is 32.2 Å². The summed E-state index contributed by atoms with van der Waals surface area (Å²) in [6.45, 7) is 3.94. The van der Waals surface area contributed by atoms with Gasteiger partial charge in [0.05, 0.1) is 6.10 Å². The summed E-state index contributed by atoms with van der Waals surface area (Å²) in [6, 6.07) is 15.5. The Morgan fingerprint density at radius 2 is 1.83 bits per heavy atom. The minimum atomic E-state index is -0.0848. The maximum atomic E-state index is 12.2. The van der Waals surface area contributed by atoms with Crippen LogP contribution < -0.4 is 10.2 Å². The van der Waals surface area contributed by atoms with Crippen molar-refractivity contribution in [1.29, 1.82) is 0 Å². The van der Waals surface area contributed by atoms with Gasteiger partial charge in [0, 0.05) is 37.1 Å². The third-order valence-corrected chi connectivity index (χ3v) is 4.28. The molecular weight excluding hydrogens is 288 g/mol. The van der Waals surface area contributed by atoms with Gasteiger partial charge in [0.15, 0.2) is 0 Å². The summed E-state index contributed by atoms with van der Waals surface area (Å²) >= 11 is 0. The summed E-state index contributed by atoms with van der Waals surface area (Å²) in [4.78, 5) is 14.5. The minimum Gasteiger partial charge on any atom is -0.380 e. The lowest BCUT2D eigenvalue weighted by Gasteiger charge is -2.18. The Morgan fingerprint density at radius 1 is 1.13 bits per heavy atom. The van der Waals surface area contributed by atoms with Crippen molar-refractivity contribution < 1.29 is 9.53 Å². The maximum Gasteiger partial charge on any atom is 0.255 e. The number of carbonyl (C=O) groups is 1. The van der Waals surface area contributed by atoms with Gasteiger partial charge in [0.1, 0.15) is 0 Å². The number of ether oxygens (including phenoxy) is 1. The molecule has 120 valence electrons. The average molecular weight is 310 g/mol. The molecule has 0 radical (unpaired) electrons. The summed E-state index contributed by atoms with van der Waals surface area (Å²) in [5.41, 5.74) is 3.78. The smallest absolute Gasteiger partial charge is 0.255 e. The molecule has 1 saturated heterocycles. The van der Waals surface area contributed by atoms with Crippen molar-refractivity contribution in [3.63, 3.8) is 0 Å². The molecule has 1 aliphatic heterocycles. The molecule has 4 heteroatoms. The molecule has 0 aliphatic carbocycles.